The van der Waals surface area contributed by atoms with Gasteiger partial charge in [0.1, 0.15) is 0 Å². The molecule has 0 aliphatic heterocycles. The fourth-order valence-corrected chi connectivity index (χ4v) is 3.35. The highest BCUT2D eigenvalue weighted by Crippen LogP contribution is 2.16. The van der Waals surface area contributed by atoms with Gasteiger partial charge < -0.3 is 24.3 Å². The first kappa shape index (κ1) is 19.2. The number of nitrogens with two attached hydrogens (primary N) is 1. The first-order valence-corrected chi connectivity index (χ1v) is 8.65. The van der Waals surface area contributed by atoms with Crippen LogP contribution in [0.25, 0.3) is 0 Å². The second-order valence-electron chi connectivity index (χ2n) is 4.17. The third-order valence-electron chi connectivity index (χ3n) is 2.89. The summed E-state index contributed by atoms with van der Waals surface area (Å²) < 4.78 is 16.1. The molecule has 6 heteroatoms. The van der Waals surface area contributed by atoms with E-state index >= 15 is 0 Å². The minimum Gasteiger partial charge on any atom is -0.377 e. The van der Waals surface area contributed by atoms with Crippen molar-refractivity contribution in [1.82, 2.24) is 5.32 Å². The van der Waals surface area contributed by atoms with Crippen molar-refractivity contribution in [3.8, 4) is 0 Å². The maximum Gasteiger partial charge on any atom is 0.500 e. The van der Waals surface area contributed by atoms with Crippen molar-refractivity contribution in [3.05, 3.63) is 35.9 Å². The summed E-state index contributed by atoms with van der Waals surface area (Å²) in [7, 11) is 4.41. The van der Waals surface area contributed by atoms with Crippen LogP contribution in [0.2, 0.25) is 6.04 Å². The molecule has 5 nitrogen and oxygen atoms in total. The van der Waals surface area contributed by atoms with E-state index < -0.39 is 8.80 Å². The zero-order valence-corrected chi connectivity index (χ0v) is 14.0. The van der Waals surface area contributed by atoms with Crippen molar-refractivity contribution < 1.29 is 13.3 Å². The Morgan fingerprint density at radius 3 is 1.95 bits per heavy atom. The van der Waals surface area contributed by atoms with Gasteiger partial charge in [0, 0.05) is 40.5 Å². The quantitative estimate of drug-likeness (QED) is 0.708. The number of aryl methyl sites for hydroxylation is 1. The smallest absolute Gasteiger partial charge is 0.377 e. The Morgan fingerprint density at radius 1 is 1.05 bits per heavy atom. The number of nitrogens with one attached hydrogen (secondary N) is 1. The van der Waals surface area contributed by atoms with Crippen LogP contribution in [0.5, 0.6) is 0 Å². The van der Waals surface area contributed by atoms with E-state index in [4.69, 9.17) is 19.0 Å². The average molecular weight is 300 g/mol. The zero-order chi connectivity index (χ0) is 15.3. The van der Waals surface area contributed by atoms with Gasteiger partial charge in [-0.2, -0.15) is 0 Å². The molecular formula is C14H28N2O3Si. The van der Waals surface area contributed by atoms with Crippen LogP contribution in [-0.2, 0) is 19.7 Å². The zero-order valence-electron chi connectivity index (χ0n) is 13.0. The van der Waals surface area contributed by atoms with Crippen LogP contribution in [-0.4, -0.2) is 50.3 Å². The Kier molecular flexibility index (Phi) is 11.6. The van der Waals surface area contributed by atoms with Crippen molar-refractivity contribution >= 4 is 8.80 Å². The van der Waals surface area contributed by atoms with Gasteiger partial charge in [-0.15, -0.1) is 0 Å². The predicted octanol–water partition coefficient (Wildman–Crippen LogP) is 1.27. The van der Waals surface area contributed by atoms with Crippen LogP contribution >= 0.6 is 0 Å². The van der Waals surface area contributed by atoms with Crippen molar-refractivity contribution in [1.29, 1.82) is 0 Å². The monoisotopic (exact) mass is 300 g/mol. The summed E-state index contributed by atoms with van der Waals surface area (Å²) in [6.45, 7) is 1.65. The molecule has 0 unspecified atom stereocenters. The molecule has 0 bridgehead atoms. The molecule has 0 heterocycles. The normalized spacial score (nSPS) is 10.8. The standard InChI is InChI=1S/C11H18O3Si.C3H10N2/c1-12-15(13-2,14-3)10-9-11-7-5-4-6-8-11;1-5-3-2-4/h4-8H,9-10H2,1-3H3;5H,2-4H2,1H3. The van der Waals surface area contributed by atoms with Crippen molar-refractivity contribution in [2.75, 3.05) is 41.5 Å². The SMILES string of the molecule is CNCCN.CO[Si](CCc1ccccc1)(OC)OC. The number of rotatable bonds is 8. The Hall–Kier alpha value is -0.763. The maximum atomic E-state index is 5.35. The van der Waals surface area contributed by atoms with E-state index in [1.807, 2.05) is 25.2 Å². The second kappa shape index (κ2) is 12.0. The summed E-state index contributed by atoms with van der Waals surface area (Å²) in [5.41, 5.74) is 6.35. The van der Waals surface area contributed by atoms with Crippen LogP contribution in [0.4, 0.5) is 0 Å². The van der Waals surface area contributed by atoms with Gasteiger partial charge in [-0.3, -0.25) is 0 Å². The topological polar surface area (TPSA) is 65.7 Å². The molecule has 116 valence electrons. The Balaban J connectivity index is 0.000000621. The van der Waals surface area contributed by atoms with Gasteiger partial charge in [-0.25, -0.2) is 0 Å². The highest BCUT2D eigenvalue weighted by atomic mass is 28.4. The van der Waals surface area contributed by atoms with Crippen molar-refractivity contribution in [2.45, 2.75) is 12.5 Å². The van der Waals surface area contributed by atoms with Gasteiger partial charge >= 0.3 is 8.80 Å². The Bertz CT molecular complexity index is 311. The van der Waals surface area contributed by atoms with Crippen LogP contribution in [0.15, 0.2) is 30.3 Å². The van der Waals surface area contributed by atoms with Crippen LogP contribution in [0.1, 0.15) is 5.56 Å². The second-order valence-corrected chi connectivity index (χ2v) is 7.26. The van der Waals surface area contributed by atoms with Gasteiger partial charge in [0.2, 0.25) is 0 Å². The van der Waals surface area contributed by atoms with Crippen LogP contribution in [0.3, 0.4) is 0 Å². The molecule has 0 atom stereocenters. The lowest BCUT2D eigenvalue weighted by Gasteiger charge is -2.24. The molecule has 1 aromatic rings. The predicted molar refractivity (Wildman–Crippen MR) is 84.7 cm³/mol. The highest BCUT2D eigenvalue weighted by Gasteiger charge is 2.36. The van der Waals surface area contributed by atoms with Gasteiger partial charge in [0.05, 0.1) is 0 Å². The minimum absolute atomic E-state index is 0.733. The third kappa shape index (κ3) is 7.74. The summed E-state index contributed by atoms with van der Waals surface area (Å²) in [6.07, 6.45) is 0.919. The molecular weight excluding hydrogens is 272 g/mol. The summed E-state index contributed by atoms with van der Waals surface area (Å²) in [4.78, 5) is 0. The first-order chi connectivity index (χ1) is 9.67. The lowest BCUT2D eigenvalue weighted by Crippen LogP contribution is -2.43. The van der Waals surface area contributed by atoms with E-state index in [0.717, 1.165) is 25.6 Å². The van der Waals surface area contributed by atoms with Gasteiger partial charge in [-0.05, 0) is 19.0 Å². The number of benzene rings is 1. The largest absolute Gasteiger partial charge is 0.500 e. The number of likely N-dealkylation sites (N-methyl/N-ethyl adjacent to an activating group) is 1. The summed E-state index contributed by atoms with van der Waals surface area (Å²) in [5, 5.41) is 2.89. The summed E-state index contributed by atoms with van der Waals surface area (Å²) in [6, 6.07) is 11.1. The van der Waals surface area contributed by atoms with Crippen LogP contribution < -0.4 is 11.1 Å². The number of hydrogen-bond donors (Lipinski definition) is 2. The molecule has 1 aromatic carbocycles. The molecule has 0 aliphatic carbocycles. The molecule has 0 fully saturated rings. The van der Waals surface area contributed by atoms with Crippen LogP contribution in [0, 0.1) is 0 Å². The molecule has 20 heavy (non-hydrogen) atoms. The molecule has 0 saturated carbocycles. The summed E-state index contributed by atoms with van der Waals surface area (Å²) >= 11 is 0. The van der Waals surface area contributed by atoms with Crippen molar-refractivity contribution in [2.24, 2.45) is 5.73 Å². The fourth-order valence-electron chi connectivity index (χ4n) is 1.64. The minimum atomic E-state index is -2.40. The molecule has 0 amide bonds. The molecule has 0 spiro atoms. The van der Waals surface area contributed by atoms with Gasteiger partial charge in [0.25, 0.3) is 0 Å². The average Bonchev–Trinajstić information content (AvgIpc) is 2.52. The lowest BCUT2D eigenvalue weighted by molar-refractivity contribution is 0.123. The maximum absolute atomic E-state index is 5.35. The van der Waals surface area contributed by atoms with Crippen molar-refractivity contribution in [3.63, 3.8) is 0 Å². The molecule has 3 N–H and O–H groups in total. The third-order valence-corrected chi connectivity index (χ3v) is 5.62. The molecule has 0 radical (unpaired) electrons. The molecule has 1 rings (SSSR count). The molecule has 0 saturated heterocycles. The Morgan fingerprint density at radius 2 is 1.60 bits per heavy atom. The van der Waals surface area contributed by atoms with E-state index in [2.05, 4.69) is 17.4 Å². The van der Waals surface area contributed by atoms with Gasteiger partial charge in [-0.1, -0.05) is 30.3 Å². The van der Waals surface area contributed by atoms with E-state index in [1.165, 1.54) is 5.56 Å². The first-order valence-electron chi connectivity index (χ1n) is 6.72. The number of hydrogen-bond acceptors (Lipinski definition) is 5. The van der Waals surface area contributed by atoms with E-state index in [0.29, 0.717) is 0 Å². The highest BCUT2D eigenvalue weighted by molar-refractivity contribution is 6.60. The summed E-state index contributed by atoms with van der Waals surface area (Å²) in [5.74, 6) is 0. The van der Waals surface area contributed by atoms with E-state index in [9.17, 15) is 0 Å². The lowest BCUT2D eigenvalue weighted by atomic mass is 10.2. The fraction of sp³-hybridized carbons (Fsp3) is 0.571. The molecule has 0 aliphatic rings. The van der Waals surface area contributed by atoms with E-state index in [1.54, 1.807) is 21.3 Å². The molecule has 0 aromatic heterocycles. The van der Waals surface area contributed by atoms with Gasteiger partial charge in [0.15, 0.2) is 0 Å². The Labute approximate surface area is 123 Å². The van der Waals surface area contributed by atoms with E-state index in [-0.39, 0.29) is 0 Å².